The van der Waals surface area contributed by atoms with Crippen LogP contribution in [0.15, 0.2) is 67.0 Å². The Morgan fingerprint density at radius 2 is 1.60 bits per heavy atom. The van der Waals surface area contributed by atoms with Gasteiger partial charge in [-0.1, -0.05) is 24.3 Å². The number of pyridine rings is 2. The Kier molecular flexibility index (Phi) is 4.85. The zero-order valence-electron chi connectivity index (χ0n) is 16.9. The number of aryl methyl sites for hydroxylation is 1. The number of nitrogens with one attached hydrogen (secondary N) is 1. The van der Waals surface area contributed by atoms with Crippen molar-refractivity contribution in [3.8, 4) is 0 Å². The molecule has 0 aliphatic carbocycles. The highest BCUT2D eigenvalue weighted by Crippen LogP contribution is 2.25. The molecule has 1 aliphatic rings. The van der Waals surface area contributed by atoms with Gasteiger partial charge in [0, 0.05) is 55.7 Å². The summed E-state index contributed by atoms with van der Waals surface area (Å²) >= 11 is 0. The van der Waals surface area contributed by atoms with Crippen LogP contribution in [0.5, 0.6) is 0 Å². The zero-order chi connectivity index (χ0) is 20.3. The number of aromatic nitrogens is 4. The van der Waals surface area contributed by atoms with Crippen molar-refractivity contribution in [2.24, 2.45) is 0 Å². The van der Waals surface area contributed by atoms with Gasteiger partial charge in [-0.25, -0.2) is 9.97 Å². The van der Waals surface area contributed by atoms with E-state index in [-0.39, 0.29) is 0 Å². The first-order valence-corrected chi connectivity index (χ1v) is 10.1. The molecule has 1 saturated heterocycles. The number of hydrogen-bond acceptors (Lipinski definition) is 7. The fraction of sp³-hybridized carbons (Fsp3) is 0.217. The molecule has 0 amide bonds. The smallest absolute Gasteiger partial charge is 0.227 e. The maximum Gasteiger partial charge on any atom is 0.227 e. The van der Waals surface area contributed by atoms with Gasteiger partial charge in [-0.2, -0.15) is 4.98 Å². The molecule has 1 aliphatic heterocycles. The lowest BCUT2D eigenvalue weighted by Crippen LogP contribution is -2.47. The average Bonchev–Trinajstić information content (AvgIpc) is 2.80. The van der Waals surface area contributed by atoms with Crippen molar-refractivity contribution in [3.63, 3.8) is 0 Å². The number of piperazine rings is 1. The van der Waals surface area contributed by atoms with E-state index in [4.69, 9.17) is 4.98 Å². The maximum atomic E-state index is 4.80. The van der Waals surface area contributed by atoms with E-state index in [1.165, 1.54) is 0 Å². The Labute approximate surface area is 175 Å². The molecular weight excluding hydrogens is 374 g/mol. The van der Waals surface area contributed by atoms with Crippen LogP contribution < -0.4 is 15.1 Å². The predicted molar refractivity (Wildman–Crippen MR) is 120 cm³/mol. The summed E-state index contributed by atoms with van der Waals surface area (Å²) in [5.74, 6) is 2.56. The number of fused-ring (bicyclic) bond motifs is 1. The quantitative estimate of drug-likeness (QED) is 0.562. The standard InChI is InChI=1S/C23H23N7/c1-17-16-20(27-19-8-4-6-18-7-5-11-25-22(18)19)28-23(26-17)30-14-12-29(13-15-30)21-9-2-3-10-24-21/h2-11,16H,12-15H2,1H3,(H,26,27,28). The number of hydrogen-bond donors (Lipinski definition) is 1. The number of benzene rings is 1. The molecule has 0 radical (unpaired) electrons. The summed E-state index contributed by atoms with van der Waals surface area (Å²) in [6.07, 6.45) is 3.65. The lowest BCUT2D eigenvalue weighted by molar-refractivity contribution is 0.634. The van der Waals surface area contributed by atoms with Gasteiger partial charge in [0.2, 0.25) is 5.95 Å². The molecule has 0 atom stereocenters. The second-order valence-corrected chi connectivity index (χ2v) is 7.36. The van der Waals surface area contributed by atoms with Gasteiger partial charge < -0.3 is 15.1 Å². The molecular formula is C23H23N7. The molecule has 150 valence electrons. The van der Waals surface area contributed by atoms with Gasteiger partial charge in [0.1, 0.15) is 11.6 Å². The van der Waals surface area contributed by atoms with E-state index in [1.807, 2.05) is 55.7 Å². The molecule has 0 spiro atoms. The molecule has 7 heteroatoms. The van der Waals surface area contributed by atoms with Crippen LogP contribution in [0.2, 0.25) is 0 Å². The van der Waals surface area contributed by atoms with E-state index >= 15 is 0 Å². The van der Waals surface area contributed by atoms with Gasteiger partial charge in [0.25, 0.3) is 0 Å². The van der Waals surface area contributed by atoms with Gasteiger partial charge in [-0.05, 0) is 31.2 Å². The van der Waals surface area contributed by atoms with E-state index in [0.29, 0.717) is 0 Å². The summed E-state index contributed by atoms with van der Waals surface area (Å²) in [6.45, 7) is 5.50. The summed E-state index contributed by atoms with van der Waals surface area (Å²) in [5.41, 5.74) is 2.81. The molecule has 1 fully saturated rings. The molecule has 1 N–H and O–H groups in total. The molecule has 7 nitrogen and oxygen atoms in total. The molecule has 3 aromatic heterocycles. The van der Waals surface area contributed by atoms with Crippen LogP contribution >= 0.6 is 0 Å². The van der Waals surface area contributed by atoms with Crippen LogP contribution in [-0.2, 0) is 0 Å². The van der Waals surface area contributed by atoms with Gasteiger partial charge in [0.05, 0.1) is 11.2 Å². The van der Waals surface area contributed by atoms with Crippen LogP contribution in [0, 0.1) is 6.92 Å². The minimum Gasteiger partial charge on any atom is -0.353 e. The third-order valence-electron chi connectivity index (χ3n) is 5.27. The zero-order valence-corrected chi connectivity index (χ0v) is 16.9. The van der Waals surface area contributed by atoms with Crippen LogP contribution in [0.1, 0.15) is 5.69 Å². The first-order chi connectivity index (χ1) is 14.8. The Bertz CT molecular complexity index is 1150. The molecule has 5 rings (SSSR count). The highest BCUT2D eigenvalue weighted by molar-refractivity contribution is 5.91. The molecule has 30 heavy (non-hydrogen) atoms. The van der Waals surface area contributed by atoms with Crippen molar-refractivity contribution in [3.05, 3.63) is 72.7 Å². The molecule has 0 unspecified atom stereocenters. The summed E-state index contributed by atoms with van der Waals surface area (Å²) in [7, 11) is 0. The monoisotopic (exact) mass is 397 g/mol. The summed E-state index contributed by atoms with van der Waals surface area (Å²) in [4.78, 5) is 23.0. The van der Waals surface area contributed by atoms with Crippen molar-refractivity contribution >= 4 is 34.2 Å². The van der Waals surface area contributed by atoms with Crippen molar-refractivity contribution in [1.29, 1.82) is 0 Å². The number of rotatable bonds is 4. The number of para-hydroxylation sites is 1. The Balaban J connectivity index is 1.35. The first-order valence-electron chi connectivity index (χ1n) is 10.1. The van der Waals surface area contributed by atoms with Crippen molar-refractivity contribution in [2.45, 2.75) is 6.92 Å². The Hall–Kier alpha value is -3.74. The molecule has 0 bridgehead atoms. The minimum atomic E-state index is 0.756. The molecule has 0 saturated carbocycles. The van der Waals surface area contributed by atoms with Gasteiger partial charge >= 0.3 is 0 Å². The first kappa shape index (κ1) is 18.3. The lowest BCUT2D eigenvalue weighted by Gasteiger charge is -2.35. The molecule has 4 aromatic rings. The highest BCUT2D eigenvalue weighted by Gasteiger charge is 2.20. The SMILES string of the molecule is Cc1cc(Nc2cccc3cccnc23)nc(N2CCN(c3ccccn3)CC2)n1. The minimum absolute atomic E-state index is 0.756. The molecule has 1 aromatic carbocycles. The van der Waals surface area contributed by atoms with Crippen molar-refractivity contribution < 1.29 is 0 Å². The average molecular weight is 397 g/mol. The maximum absolute atomic E-state index is 4.80. The van der Waals surface area contributed by atoms with E-state index in [1.54, 1.807) is 0 Å². The summed E-state index contributed by atoms with van der Waals surface area (Å²) < 4.78 is 0. The normalized spacial score (nSPS) is 14.2. The van der Waals surface area contributed by atoms with Crippen molar-refractivity contribution in [1.82, 2.24) is 19.9 Å². The third kappa shape index (κ3) is 3.74. The molecule has 4 heterocycles. The lowest BCUT2D eigenvalue weighted by atomic mass is 10.2. The van der Waals surface area contributed by atoms with E-state index in [2.05, 4.69) is 48.3 Å². The van der Waals surface area contributed by atoms with E-state index in [9.17, 15) is 0 Å². The van der Waals surface area contributed by atoms with Crippen LogP contribution in [0.4, 0.5) is 23.3 Å². The third-order valence-corrected chi connectivity index (χ3v) is 5.27. The van der Waals surface area contributed by atoms with Crippen LogP contribution in [0.3, 0.4) is 0 Å². The van der Waals surface area contributed by atoms with E-state index < -0.39 is 0 Å². The van der Waals surface area contributed by atoms with Crippen LogP contribution in [-0.4, -0.2) is 46.1 Å². The Morgan fingerprint density at radius 1 is 0.800 bits per heavy atom. The van der Waals surface area contributed by atoms with E-state index in [0.717, 1.165) is 66.0 Å². The second-order valence-electron chi connectivity index (χ2n) is 7.36. The predicted octanol–water partition coefficient (Wildman–Crippen LogP) is 3.80. The topological polar surface area (TPSA) is 70.1 Å². The fourth-order valence-electron chi connectivity index (χ4n) is 3.78. The summed E-state index contributed by atoms with van der Waals surface area (Å²) in [6, 6.07) is 18.1. The van der Waals surface area contributed by atoms with Crippen LogP contribution in [0.25, 0.3) is 10.9 Å². The summed E-state index contributed by atoms with van der Waals surface area (Å²) in [5, 5.41) is 4.54. The van der Waals surface area contributed by atoms with Crippen molar-refractivity contribution in [2.75, 3.05) is 41.3 Å². The number of nitrogens with zero attached hydrogens (tertiary/aromatic N) is 6. The number of anilines is 4. The second kappa shape index (κ2) is 7.94. The van der Waals surface area contributed by atoms with Gasteiger partial charge in [0.15, 0.2) is 0 Å². The van der Waals surface area contributed by atoms with Gasteiger partial charge in [-0.3, -0.25) is 4.98 Å². The Morgan fingerprint density at radius 3 is 2.43 bits per heavy atom. The largest absolute Gasteiger partial charge is 0.353 e. The fourth-order valence-corrected chi connectivity index (χ4v) is 3.78. The highest BCUT2D eigenvalue weighted by atomic mass is 15.3. The van der Waals surface area contributed by atoms with Gasteiger partial charge in [-0.15, -0.1) is 0 Å².